The molecule has 2 N–H and O–H groups in total. The smallest absolute Gasteiger partial charge is 0.167 e. The number of hydrogen-bond donors (Lipinski definition) is 1. The van der Waals surface area contributed by atoms with Gasteiger partial charge in [0.25, 0.3) is 0 Å². The van der Waals surface area contributed by atoms with Gasteiger partial charge in [-0.15, -0.1) is 12.4 Å². The largest absolute Gasteiger partial charge is 0.394 e. The molecule has 0 saturated carbocycles. The van der Waals surface area contributed by atoms with Gasteiger partial charge in [-0.05, 0) is 12.1 Å². The molecule has 0 bridgehead atoms. The van der Waals surface area contributed by atoms with Crippen LogP contribution in [0.25, 0.3) is 0 Å². The second-order valence-electron chi connectivity index (χ2n) is 1.76. The van der Waals surface area contributed by atoms with Gasteiger partial charge in [-0.1, -0.05) is 11.6 Å². The molecule has 0 saturated heterocycles. The van der Waals surface area contributed by atoms with Gasteiger partial charge in [0.2, 0.25) is 0 Å². The summed E-state index contributed by atoms with van der Waals surface area (Å²) >= 11 is 5.26. The number of anilines is 1. The standard InChI is InChI=1S/C6H4ClF2N.ClH/c7-3-1-2-4(8)6(10)5(3)9;/h1-2H,10H2;1H. The van der Waals surface area contributed by atoms with Crippen LogP contribution in [0.3, 0.4) is 0 Å². The topological polar surface area (TPSA) is 26.0 Å². The predicted octanol–water partition coefficient (Wildman–Crippen LogP) is 2.62. The second kappa shape index (κ2) is 3.74. The van der Waals surface area contributed by atoms with Crippen molar-refractivity contribution in [2.75, 3.05) is 5.73 Å². The summed E-state index contributed by atoms with van der Waals surface area (Å²) in [5.74, 6) is -1.69. The lowest BCUT2D eigenvalue weighted by molar-refractivity contribution is 0.592. The van der Waals surface area contributed by atoms with Crippen LogP contribution in [0.15, 0.2) is 12.1 Å². The number of hydrogen-bond acceptors (Lipinski definition) is 1. The lowest BCUT2D eigenvalue weighted by atomic mass is 10.3. The maximum Gasteiger partial charge on any atom is 0.167 e. The van der Waals surface area contributed by atoms with Crippen LogP contribution in [0.5, 0.6) is 0 Å². The fraction of sp³-hybridized carbons (Fsp3) is 0. The summed E-state index contributed by atoms with van der Waals surface area (Å²) in [6.45, 7) is 0. The minimum atomic E-state index is -0.901. The highest BCUT2D eigenvalue weighted by atomic mass is 35.5. The zero-order chi connectivity index (χ0) is 7.72. The summed E-state index contributed by atoms with van der Waals surface area (Å²) in [5, 5.41) is -0.168. The quantitative estimate of drug-likeness (QED) is 0.505. The molecule has 0 aromatic heterocycles. The Kier molecular flexibility index (Phi) is 3.55. The van der Waals surface area contributed by atoms with E-state index in [4.69, 9.17) is 17.3 Å². The maximum absolute atomic E-state index is 12.5. The molecular formula is C6H5Cl2F2N. The number of benzene rings is 1. The van der Waals surface area contributed by atoms with Crippen molar-refractivity contribution in [3.8, 4) is 0 Å². The average Bonchev–Trinajstić information content (AvgIpc) is 1.93. The molecule has 11 heavy (non-hydrogen) atoms. The normalized spacial score (nSPS) is 9.00. The predicted molar refractivity (Wildman–Crippen MR) is 43.0 cm³/mol. The molecule has 0 radical (unpaired) electrons. The van der Waals surface area contributed by atoms with Gasteiger partial charge in [0.1, 0.15) is 11.5 Å². The van der Waals surface area contributed by atoms with Crippen molar-refractivity contribution in [1.82, 2.24) is 0 Å². The Morgan fingerprint density at radius 2 is 1.82 bits per heavy atom. The van der Waals surface area contributed by atoms with Crippen LogP contribution in [0.2, 0.25) is 5.02 Å². The van der Waals surface area contributed by atoms with Gasteiger partial charge in [-0.3, -0.25) is 0 Å². The van der Waals surface area contributed by atoms with Gasteiger partial charge in [-0.25, -0.2) is 8.78 Å². The molecule has 0 heterocycles. The van der Waals surface area contributed by atoms with E-state index < -0.39 is 17.3 Å². The first kappa shape index (κ1) is 10.5. The van der Waals surface area contributed by atoms with Gasteiger partial charge >= 0.3 is 0 Å². The van der Waals surface area contributed by atoms with Crippen LogP contribution in [-0.2, 0) is 0 Å². The third kappa shape index (κ3) is 1.94. The van der Waals surface area contributed by atoms with Gasteiger partial charge < -0.3 is 5.73 Å². The molecule has 0 atom stereocenters. The van der Waals surface area contributed by atoms with Crippen LogP contribution >= 0.6 is 24.0 Å². The van der Waals surface area contributed by atoms with Crippen LogP contribution in [0.1, 0.15) is 0 Å². The van der Waals surface area contributed by atoms with Gasteiger partial charge in [-0.2, -0.15) is 0 Å². The van der Waals surface area contributed by atoms with Crippen molar-refractivity contribution in [1.29, 1.82) is 0 Å². The molecule has 5 heteroatoms. The fourth-order valence-corrected chi connectivity index (χ4v) is 0.708. The van der Waals surface area contributed by atoms with Gasteiger partial charge in [0.05, 0.1) is 5.02 Å². The van der Waals surface area contributed by atoms with Crippen molar-refractivity contribution in [2.24, 2.45) is 0 Å². The number of nitrogen functional groups attached to an aromatic ring is 1. The van der Waals surface area contributed by atoms with Gasteiger partial charge in [0, 0.05) is 0 Å². The minimum Gasteiger partial charge on any atom is -0.394 e. The summed E-state index contributed by atoms with van der Waals surface area (Å²) in [6.07, 6.45) is 0. The number of nitrogens with two attached hydrogens (primary N) is 1. The van der Waals surface area contributed by atoms with E-state index in [0.717, 1.165) is 12.1 Å². The first-order valence-electron chi connectivity index (χ1n) is 2.52. The summed E-state index contributed by atoms with van der Waals surface area (Å²) < 4.78 is 24.8. The minimum absolute atomic E-state index is 0. The Morgan fingerprint density at radius 3 is 2.27 bits per heavy atom. The third-order valence-corrected chi connectivity index (χ3v) is 1.37. The van der Waals surface area contributed by atoms with E-state index in [-0.39, 0.29) is 17.4 Å². The Labute approximate surface area is 73.6 Å². The van der Waals surface area contributed by atoms with Crippen LogP contribution in [0.4, 0.5) is 14.5 Å². The van der Waals surface area contributed by atoms with E-state index in [1.165, 1.54) is 0 Å². The molecule has 0 spiro atoms. The zero-order valence-electron chi connectivity index (χ0n) is 5.27. The molecule has 0 fully saturated rings. The molecule has 0 aliphatic heterocycles. The van der Waals surface area contributed by atoms with E-state index in [1.807, 2.05) is 0 Å². The molecule has 1 aromatic carbocycles. The highest BCUT2D eigenvalue weighted by molar-refractivity contribution is 6.31. The summed E-state index contributed by atoms with van der Waals surface area (Å²) in [4.78, 5) is 0. The van der Waals surface area contributed by atoms with Crippen molar-refractivity contribution < 1.29 is 8.78 Å². The van der Waals surface area contributed by atoms with Crippen LogP contribution < -0.4 is 5.73 Å². The Hall–Kier alpha value is -0.540. The van der Waals surface area contributed by atoms with Crippen molar-refractivity contribution in [2.45, 2.75) is 0 Å². The second-order valence-corrected chi connectivity index (χ2v) is 2.16. The lowest BCUT2D eigenvalue weighted by Gasteiger charge is -1.98. The van der Waals surface area contributed by atoms with Gasteiger partial charge in [0.15, 0.2) is 5.82 Å². The van der Waals surface area contributed by atoms with Crippen LogP contribution in [-0.4, -0.2) is 0 Å². The van der Waals surface area contributed by atoms with Crippen molar-refractivity contribution in [3.05, 3.63) is 28.8 Å². The molecular weight excluding hydrogens is 195 g/mol. The maximum atomic E-state index is 12.5. The highest BCUT2D eigenvalue weighted by Gasteiger charge is 2.07. The molecule has 1 nitrogen and oxygen atoms in total. The van der Waals surface area contributed by atoms with E-state index >= 15 is 0 Å². The third-order valence-electron chi connectivity index (χ3n) is 1.08. The van der Waals surface area contributed by atoms with E-state index in [2.05, 4.69) is 0 Å². The first-order chi connectivity index (χ1) is 4.63. The van der Waals surface area contributed by atoms with E-state index in [1.54, 1.807) is 0 Å². The molecule has 0 unspecified atom stereocenters. The highest BCUT2D eigenvalue weighted by Crippen LogP contribution is 2.22. The summed E-state index contributed by atoms with van der Waals surface area (Å²) in [7, 11) is 0. The SMILES string of the molecule is Cl.Nc1c(F)ccc(Cl)c1F. The van der Waals surface area contributed by atoms with E-state index in [9.17, 15) is 8.78 Å². The number of halogens is 4. The summed E-state index contributed by atoms with van der Waals surface area (Å²) in [5.41, 5.74) is 4.41. The molecule has 1 aromatic rings. The molecule has 62 valence electrons. The number of rotatable bonds is 0. The molecule has 0 amide bonds. The van der Waals surface area contributed by atoms with Crippen molar-refractivity contribution in [3.63, 3.8) is 0 Å². The average molecular weight is 200 g/mol. The molecule has 0 aliphatic rings. The Balaban J connectivity index is 0.000001000. The Morgan fingerprint density at radius 1 is 1.27 bits per heavy atom. The molecule has 1 rings (SSSR count). The zero-order valence-corrected chi connectivity index (χ0v) is 6.85. The van der Waals surface area contributed by atoms with Crippen molar-refractivity contribution >= 4 is 29.7 Å². The Bertz CT molecular complexity index is 238. The van der Waals surface area contributed by atoms with Crippen LogP contribution in [0, 0.1) is 11.6 Å². The summed E-state index contributed by atoms with van der Waals surface area (Å²) in [6, 6.07) is 2.13. The monoisotopic (exact) mass is 199 g/mol. The fourth-order valence-electron chi connectivity index (χ4n) is 0.543. The van der Waals surface area contributed by atoms with E-state index in [0.29, 0.717) is 0 Å². The lowest BCUT2D eigenvalue weighted by Crippen LogP contribution is -1.94. The molecule has 0 aliphatic carbocycles. The first-order valence-corrected chi connectivity index (χ1v) is 2.89.